The molecule has 2 heterocycles. The molecule has 1 aromatic heterocycles. The summed E-state index contributed by atoms with van der Waals surface area (Å²) in [6.07, 6.45) is 0.997. The molecule has 1 aliphatic rings. The van der Waals surface area contributed by atoms with Gasteiger partial charge in [-0.1, -0.05) is 37.0 Å². The number of amides is 1. The van der Waals surface area contributed by atoms with E-state index in [1.54, 1.807) is 17.0 Å². The molecule has 0 aromatic carbocycles. The van der Waals surface area contributed by atoms with E-state index in [0.29, 0.717) is 5.02 Å². The minimum Gasteiger partial charge on any atom is -0.337 e. The molecule has 0 unspecified atom stereocenters. The average Bonchev–Trinajstić information content (AvgIpc) is 2.61. The molecule has 0 aliphatic carbocycles. The van der Waals surface area contributed by atoms with Crippen LogP contribution in [-0.4, -0.2) is 28.9 Å². The molecular weight excluding hydrogens is 259 g/mol. The zero-order valence-electron chi connectivity index (χ0n) is 9.83. The van der Waals surface area contributed by atoms with Crippen LogP contribution in [0, 0.1) is 5.41 Å². The molecule has 17 heavy (non-hydrogen) atoms. The molecule has 1 amide bonds. The highest BCUT2D eigenvalue weighted by atomic mass is 35.5. The topological polar surface area (TPSA) is 33.2 Å². The number of hydrogen-bond acceptors (Lipinski definition) is 2. The first-order chi connectivity index (χ1) is 7.89. The summed E-state index contributed by atoms with van der Waals surface area (Å²) in [4.78, 5) is 18.0. The number of carbonyl (C=O) groups excluding carboxylic acids is 1. The highest BCUT2D eigenvalue weighted by molar-refractivity contribution is 6.34. The van der Waals surface area contributed by atoms with E-state index >= 15 is 0 Å². The molecule has 92 valence electrons. The largest absolute Gasteiger partial charge is 0.337 e. The van der Waals surface area contributed by atoms with Crippen LogP contribution in [0.2, 0.25) is 10.2 Å². The van der Waals surface area contributed by atoms with Gasteiger partial charge in [-0.2, -0.15) is 0 Å². The van der Waals surface area contributed by atoms with Crippen molar-refractivity contribution in [1.29, 1.82) is 0 Å². The van der Waals surface area contributed by atoms with Gasteiger partial charge in [0.1, 0.15) is 10.8 Å². The van der Waals surface area contributed by atoms with Crippen LogP contribution in [0.25, 0.3) is 0 Å². The molecule has 3 nitrogen and oxygen atoms in total. The van der Waals surface area contributed by atoms with Gasteiger partial charge in [0, 0.05) is 13.1 Å². The molecule has 2 rings (SSSR count). The molecule has 5 heteroatoms. The van der Waals surface area contributed by atoms with Gasteiger partial charge in [-0.25, -0.2) is 4.98 Å². The Morgan fingerprint density at radius 1 is 1.41 bits per heavy atom. The summed E-state index contributed by atoms with van der Waals surface area (Å²) in [6, 6.07) is 3.18. The molecular formula is C12H14Cl2N2O. The maximum absolute atomic E-state index is 12.2. The van der Waals surface area contributed by atoms with Gasteiger partial charge < -0.3 is 4.90 Å². The minimum atomic E-state index is -0.136. The summed E-state index contributed by atoms with van der Waals surface area (Å²) in [5, 5.41) is 0.639. The molecule has 1 fully saturated rings. The zero-order chi connectivity index (χ0) is 12.6. The summed E-state index contributed by atoms with van der Waals surface area (Å²) >= 11 is 11.8. The van der Waals surface area contributed by atoms with E-state index in [1.807, 2.05) is 0 Å². The maximum Gasteiger partial charge on any atom is 0.274 e. The number of rotatable bonds is 1. The lowest BCUT2D eigenvalue weighted by molar-refractivity contribution is 0.0772. The van der Waals surface area contributed by atoms with Gasteiger partial charge in [0.15, 0.2) is 0 Å². The lowest BCUT2D eigenvalue weighted by Crippen LogP contribution is -2.31. The molecule has 0 N–H and O–H groups in total. The third kappa shape index (κ3) is 2.72. The minimum absolute atomic E-state index is 0.136. The Labute approximate surface area is 111 Å². The Kier molecular flexibility index (Phi) is 3.32. The van der Waals surface area contributed by atoms with Crippen molar-refractivity contribution in [3.63, 3.8) is 0 Å². The van der Waals surface area contributed by atoms with Crippen LogP contribution in [0.1, 0.15) is 30.8 Å². The average molecular weight is 273 g/mol. The summed E-state index contributed by atoms with van der Waals surface area (Å²) < 4.78 is 0. The standard InChI is InChI=1S/C12H14Cl2N2O/c1-12(2)5-6-16(7-12)11(17)10-8(13)3-4-9(14)15-10/h3-4H,5-7H2,1-2H3. The monoisotopic (exact) mass is 272 g/mol. The van der Waals surface area contributed by atoms with Gasteiger partial charge >= 0.3 is 0 Å². The third-order valence-electron chi connectivity index (χ3n) is 2.98. The van der Waals surface area contributed by atoms with E-state index in [-0.39, 0.29) is 22.2 Å². The van der Waals surface area contributed by atoms with Crippen molar-refractivity contribution in [3.05, 3.63) is 28.0 Å². The number of hydrogen-bond donors (Lipinski definition) is 0. The number of likely N-dealkylation sites (tertiary alicyclic amines) is 1. The van der Waals surface area contributed by atoms with Gasteiger partial charge in [0.25, 0.3) is 5.91 Å². The number of nitrogens with zero attached hydrogens (tertiary/aromatic N) is 2. The molecule has 1 aliphatic heterocycles. The number of carbonyl (C=O) groups is 1. The lowest BCUT2D eigenvalue weighted by atomic mass is 9.93. The van der Waals surface area contributed by atoms with E-state index in [1.165, 1.54) is 0 Å². The Morgan fingerprint density at radius 2 is 2.12 bits per heavy atom. The molecule has 0 saturated carbocycles. The summed E-state index contributed by atoms with van der Waals surface area (Å²) in [7, 11) is 0. The summed E-state index contributed by atoms with van der Waals surface area (Å²) in [5.41, 5.74) is 0.414. The summed E-state index contributed by atoms with van der Waals surface area (Å²) in [6.45, 7) is 5.77. The molecule has 1 saturated heterocycles. The molecule has 0 spiro atoms. The smallest absolute Gasteiger partial charge is 0.274 e. The van der Waals surface area contributed by atoms with Gasteiger partial charge in [0.2, 0.25) is 0 Å². The van der Waals surface area contributed by atoms with Crippen LogP contribution in [0.5, 0.6) is 0 Å². The maximum atomic E-state index is 12.2. The Bertz CT molecular complexity index is 460. The molecule has 0 atom stereocenters. The van der Waals surface area contributed by atoms with Crippen molar-refractivity contribution < 1.29 is 4.79 Å². The van der Waals surface area contributed by atoms with Crippen LogP contribution >= 0.6 is 23.2 Å². The highest BCUT2D eigenvalue weighted by Crippen LogP contribution is 2.30. The fourth-order valence-corrected chi connectivity index (χ4v) is 2.34. The van der Waals surface area contributed by atoms with Crippen molar-refractivity contribution in [2.24, 2.45) is 5.41 Å². The fraction of sp³-hybridized carbons (Fsp3) is 0.500. The van der Waals surface area contributed by atoms with E-state index < -0.39 is 0 Å². The number of halogens is 2. The Balaban J connectivity index is 2.23. The van der Waals surface area contributed by atoms with Crippen LogP contribution in [0.4, 0.5) is 0 Å². The van der Waals surface area contributed by atoms with Crippen molar-refractivity contribution >= 4 is 29.1 Å². The first kappa shape index (κ1) is 12.7. The van der Waals surface area contributed by atoms with Gasteiger partial charge in [-0.3, -0.25) is 4.79 Å². The number of aromatic nitrogens is 1. The van der Waals surface area contributed by atoms with Crippen LogP contribution in [0.15, 0.2) is 12.1 Å². The van der Waals surface area contributed by atoms with Crippen LogP contribution in [0.3, 0.4) is 0 Å². The predicted molar refractivity (Wildman–Crippen MR) is 68.6 cm³/mol. The van der Waals surface area contributed by atoms with Gasteiger partial charge in [-0.05, 0) is 24.0 Å². The van der Waals surface area contributed by atoms with Crippen molar-refractivity contribution in [3.8, 4) is 0 Å². The Hall–Kier alpha value is -0.800. The SMILES string of the molecule is CC1(C)CCN(C(=O)c2nc(Cl)ccc2Cl)C1. The predicted octanol–water partition coefficient (Wildman–Crippen LogP) is 3.26. The van der Waals surface area contributed by atoms with Gasteiger partial charge in [0.05, 0.1) is 5.02 Å². The van der Waals surface area contributed by atoms with Crippen molar-refractivity contribution in [2.45, 2.75) is 20.3 Å². The zero-order valence-corrected chi connectivity index (χ0v) is 11.3. The first-order valence-electron chi connectivity index (χ1n) is 5.50. The Morgan fingerprint density at radius 3 is 2.71 bits per heavy atom. The highest BCUT2D eigenvalue weighted by Gasteiger charge is 2.33. The second-order valence-corrected chi connectivity index (χ2v) is 5.90. The number of pyridine rings is 1. The van der Waals surface area contributed by atoms with E-state index in [9.17, 15) is 4.79 Å². The molecule has 0 radical (unpaired) electrons. The van der Waals surface area contributed by atoms with Crippen LogP contribution < -0.4 is 0 Å². The molecule has 0 bridgehead atoms. The normalized spacial score (nSPS) is 18.5. The van der Waals surface area contributed by atoms with E-state index in [4.69, 9.17) is 23.2 Å². The fourth-order valence-electron chi connectivity index (χ4n) is 2.00. The van der Waals surface area contributed by atoms with E-state index in [0.717, 1.165) is 19.5 Å². The van der Waals surface area contributed by atoms with Gasteiger partial charge in [-0.15, -0.1) is 0 Å². The summed E-state index contributed by atoms with van der Waals surface area (Å²) in [5.74, 6) is -0.136. The quantitative estimate of drug-likeness (QED) is 0.736. The third-order valence-corrected chi connectivity index (χ3v) is 3.49. The lowest BCUT2D eigenvalue weighted by Gasteiger charge is -2.19. The van der Waals surface area contributed by atoms with Crippen molar-refractivity contribution in [2.75, 3.05) is 13.1 Å². The first-order valence-corrected chi connectivity index (χ1v) is 6.26. The van der Waals surface area contributed by atoms with Crippen molar-refractivity contribution in [1.82, 2.24) is 9.88 Å². The second kappa shape index (κ2) is 4.46. The van der Waals surface area contributed by atoms with Crippen LogP contribution in [-0.2, 0) is 0 Å². The second-order valence-electron chi connectivity index (χ2n) is 5.11. The van der Waals surface area contributed by atoms with E-state index in [2.05, 4.69) is 18.8 Å². The molecule has 1 aromatic rings.